The van der Waals surface area contributed by atoms with Crippen LogP contribution in [0.5, 0.6) is 5.75 Å². The molecular weight excluding hydrogens is 272 g/mol. The maximum absolute atomic E-state index is 12.2. The molecule has 0 saturated heterocycles. The Bertz CT molecular complexity index is 451. The Balaban J connectivity index is 2.74. The zero-order valence-electron chi connectivity index (χ0n) is 12.7. The standard InChI is InChI=1S/C15H24N2O2S/c1-5-15(6-2,20-4)10-17-14(18)11-7-8-13(19-3)12(16)9-11/h7-9H,5-6,10,16H2,1-4H3,(H,17,18). The number of benzene rings is 1. The van der Waals surface area contributed by atoms with Gasteiger partial charge in [0.15, 0.2) is 0 Å². The molecule has 0 atom stereocenters. The summed E-state index contributed by atoms with van der Waals surface area (Å²) in [5.41, 5.74) is 6.86. The number of anilines is 1. The largest absolute Gasteiger partial charge is 0.495 e. The van der Waals surface area contributed by atoms with E-state index in [1.165, 1.54) is 0 Å². The third kappa shape index (κ3) is 3.82. The highest BCUT2D eigenvalue weighted by molar-refractivity contribution is 8.00. The maximum atomic E-state index is 12.2. The Morgan fingerprint density at radius 2 is 2.05 bits per heavy atom. The summed E-state index contributed by atoms with van der Waals surface area (Å²) < 4.78 is 5.19. The summed E-state index contributed by atoms with van der Waals surface area (Å²) in [6, 6.07) is 5.09. The first kappa shape index (κ1) is 16.7. The van der Waals surface area contributed by atoms with Crippen LogP contribution in [0.25, 0.3) is 0 Å². The fourth-order valence-corrected chi connectivity index (χ4v) is 2.87. The van der Waals surface area contributed by atoms with Crippen LogP contribution in [0.3, 0.4) is 0 Å². The average Bonchev–Trinajstić information content (AvgIpc) is 2.49. The number of carbonyl (C=O) groups is 1. The van der Waals surface area contributed by atoms with E-state index in [1.54, 1.807) is 37.1 Å². The SMILES string of the molecule is CCC(CC)(CNC(=O)c1ccc(OC)c(N)c1)SC. The summed E-state index contributed by atoms with van der Waals surface area (Å²) in [7, 11) is 1.56. The maximum Gasteiger partial charge on any atom is 0.251 e. The Hall–Kier alpha value is -1.36. The number of rotatable bonds is 7. The van der Waals surface area contributed by atoms with E-state index in [1.807, 2.05) is 0 Å². The van der Waals surface area contributed by atoms with Gasteiger partial charge in [0.2, 0.25) is 0 Å². The van der Waals surface area contributed by atoms with E-state index in [4.69, 9.17) is 10.5 Å². The first-order valence-electron chi connectivity index (χ1n) is 6.78. The van der Waals surface area contributed by atoms with Crippen molar-refractivity contribution in [3.63, 3.8) is 0 Å². The second kappa shape index (κ2) is 7.43. The zero-order chi connectivity index (χ0) is 15.2. The lowest BCUT2D eigenvalue weighted by Gasteiger charge is -2.29. The van der Waals surface area contributed by atoms with E-state index in [2.05, 4.69) is 25.4 Å². The van der Waals surface area contributed by atoms with E-state index < -0.39 is 0 Å². The fourth-order valence-electron chi connectivity index (χ4n) is 2.08. The Labute approximate surface area is 125 Å². The number of methoxy groups -OCH3 is 1. The minimum Gasteiger partial charge on any atom is -0.495 e. The molecule has 0 heterocycles. The highest BCUT2D eigenvalue weighted by atomic mass is 32.2. The van der Waals surface area contributed by atoms with Crippen LogP contribution in [0.15, 0.2) is 18.2 Å². The van der Waals surface area contributed by atoms with E-state index >= 15 is 0 Å². The minimum absolute atomic E-state index is 0.0975. The van der Waals surface area contributed by atoms with Crippen molar-refractivity contribution in [1.29, 1.82) is 0 Å². The summed E-state index contributed by atoms with van der Waals surface area (Å²) in [5.74, 6) is 0.488. The zero-order valence-corrected chi connectivity index (χ0v) is 13.5. The lowest BCUT2D eigenvalue weighted by Crippen LogP contribution is -2.39. The van der Waals surface area contributed by atoms with Crippen molar-refractivity contribution in [2.24, 2.45) is 0 Å². The first-order chi connectivity index (χ1) is 9.51. The quantitative estimate of drug-likeness (QED) is 0.759. The molecule has 0 bridgehead atoms. The Kier molecular flexibility index (Phi) is 6.20. The third-order valence-electron chi connectivity index (χ3n) is 3.78. The Morgan fingerprint density at radius 3 is 2.50 bits per heavy atom. The normalized spacial score (nSPS) is 11.2. The molecule has 0 aliphatic carbocycles. The molecule has 0 radical (unpaired) electrons. The molecule has 1 aromatic rings. The molecule has 0 aliphatic rings. The van der Waals surface area contributed by atoms with E-state index in [9.17, 15) is 4.79 Å². The summed E-state index contributed by atoms with van der Waals surface area (Å²) in [5, 5.41) is 3.00. The van der Waals surface area contributed by atoms with Crippen molar-refractivity contribution in [2.75, 3.05) is 25.6 Å². The molecule has 1 aromatic carbocycles. The van der Waals surface area contributed by atoms with Crippen molar-refractivity contribution in [1.82, 2.24) is 5.32 Å². The first-order valence-corrected chi connectivity index (χ1v) is 8.01. The number of nitrogens with one attached hydrogen (secondary N) is 1. The van der Waals surface area contributed by atoms with Gasteiger partial charge in [-0.05, 0) is 37.3 Å². The minimum atomic E-state index is -0.0975. The van der Waals surface area contributed by atoms with Crippen molar-refractivity contribution in [2.45, 2.75) is 31.4 Å². The van der Waals surface area contributed by atoms with Crippen LogP contribution in [-0.4, -0.2) is 30.6 Å². The van der Waals surface area contributed by atoms with Gasteiger partial charge < -0.3 is 15.8 Å². The van der Waals surface area contributed by atoms with Gasteiger partial charge in [-0.1, -0.05) is 13.8 Å². The lowest BCUT2D eigenvalue weighted by molar-refractivity contribution is 0.0949. The highest BCUT2D eigenvalue weighted by Gasteiger charge is 2.25. The Morgan fingerprint density at radius 1 is 1.40 bits per heavy atom. The van der Waals surface area contributed by atoms with Gasteiger partial charge in [-0.3, -0.25) is 4.79 Å². The van der Waals surface area contributed by atoms with Crippen molar-refractivity contribution in [3.05, 3.63) is 23.8 Å². The molecule has 4 nitrogen and oxygen atoms in total. The van der Waals surface area contributed by atoms with Gasteiger partial charge in [0.25, 0.3) is 5.91 Å². The van der Waals surface area contributed by atoms with Gasteiger partial charge in [0.05, 0.1) is 12.8 Å². The summed E-state index contributed by atoms with van der Waals surface area (Å²) in [6.07, 6.45) is 4.13. The molecule has 0 fully saturated rings. The number of carbonyl (C=O) groups excluding carboxylic acids is 1. The van der Waals surface area contributed by atoms with Crippen LogP contribution in [0.4, 0.5) is 5.69 Å². The van der Waals surface area contributed by atoms with E-state index in [-0.39, 0.29) is 10.7 Å². The van der Waals surface area contributed by atoms with Crippen LogP contribution in [0, 0.1) is 0 Å². The van der Waals surface area contributed by atoms with Crippen LogP contribution in [-0.2, 0) is 0 Å². The van der Waals surface area contributed by atoms with Crippen LogP contribution >= 0.6 is 11.8 Å². The van der Waals surface area contributed by atoms with Crippen LogP contribution in [0.1, 0.15) is 37.0 Å². The molecule has 0 aromatic heterocycles. The van der Waals surface area contributed by atoms with Crippen LogP contribution in [0.2, 0.25) is 0 Å². The summed E-state index contributed by atoms with van der Waals surface area (Å²) in [4.78, 5) is 12.2. The topological polar surface area (TPSA) is 64.3 Å². The monoisotopic (exact) mass is 296 g/mol. The molecule has 1 amide bonds. The summed E-state index contributed by atoms with van der Waals surface area (Å²) in [6.45, 7) is 4.96. The number of ether oxygens (including phenoxy) is 1. The molecular formula is C15H24N2O2S. The molecule has 0 spiro atoms. The third-order valence-corrected chi connectivity index (χ3v) is 5.37. The molecule has 0 aliphatic heterocycles. The fraction of sp³-hybridized carbons (Fsp3) is 0.533. The van der Waals surface area contributed by atoms with E-state index in [0.717, 1.165) is 12.8 Å². The molecule has 0 unspecified atom stereocenters. The number of hydrogen-bond acceptors (Lipinski definition) is 4. The van der Waals surface area contributed by atoms with Gasteiger partial charge in [-0.2, -0.15) is 11.8 Å². The molecule has 20 heavy (non-hydrogen) atoms. The number of hydrogen-bond donors (Lipinski definition) is 2. The van der Waals surface area contributed by atoms with E-state index in [0.29, 0.717) is 23.5 Å². The predicted molar refractivity (Wildman–Crippen MR) is 86.6 cm³/mol. The number of thioether (sulfide) groups is 1. The van der Waals surface area contributed by atoms with Crippen molar-refractivity contribution >= 4 is 23.4 Å². The second-order valence-corrected chi connectivity index (χ2v) is 6.01. The number of nitrogens with two attached hydrogens (primary N) is 1. The number of amides is 1. The molecule has 0 saturated carbocycles. The highest BCUT2D eigenvalue weighted by Crippen LogP contribution is 2.29. The van der Waals surface area contributed by atoms with Gasteiger partial charge in [-0.25, -0.2) is 0 Å². The molecule has 112 valence electrons. The van der Waals surface area contributed by atoms with Gasteiger partial charge in [0.1, 0.15) is 5.75 Å². The van der Waals surface area contributed by atoms with Crippen molar-refractivity contribution in [3.8, 4) is 5.75 Å². The average molecular weight is 296 g/mol. The number of nitrogen functional groups attached to an aromatic ring is 1. The second-order valence-electron chi connectivity index (χ2n) is 4.73. The van der Waals surface area contributed by atoms with Gasteiger partial charge in [-0.15, -0.1) is 0 Å². The van der Waals surface area contributed by atoms with Gasteiger partial charge >= 0.3 is 0 Å². The summed E-state index contributed by atoms with van der Waals surface area (Å²) >= 11 is 1.80. The molecule has 1 rings (SSSR count). The van der Waals surface area contributed by atoms with Gasteiger partial charge in [0, 0.05) is 16.9 Å². The van der Waals surface area contributed by atoms with Crippen molar-refractivity contribution < 1.29 is 9.53 Å². The molecule has 5 heteroatoms. The predicted octanol–water partition coefficient (Wildman–Crippen LogP) is 2.93. The van der Waals surface area contributed by atoms with Crippen LogP contribution < -0.4 is 15.8 Å². The lowest BCUT2D eigenvalue weighted by atomic mass is 10.0. The molecule has 3 N–H and O–H groups in total. The smallest absolute Gasteiger partial charge is 0.251 e.